The molecule has 0 aliphatic heterocycles. The summed E-state index contributed by atoms with van der Waals surface area (Å²) in [5.41, 5.74) is 5.52. The Kier molecular flexibility index (Phi) is 3.10. The maximum atomic E-state index is 11.0. The van der Waals surface area contributed by atoms with Crippen molar-refractivity contribution in [3.63, 3.8) is 0 Å². The Bertz CT molecular complexity index is 725. The molecule has 0 bridgehead atoms. The van der Waals surface area contributed by atoms with E-state index in [0.29, 0.717) is 0 Å². The van der Waals surface area contributed by atoms with E-state index in [0.717, 1.165) is 10.7 Å². The molecule has 0 saturated heterocycles. The number of nitrogen functional groups attached to an aromatic ring is 1. The van der Waals surface area contributed by atoms with Gasteiger partial charge in [-0.3, -0.25) is 0 Å². The molecule has 8 heteroatoms. The van der Waals surface area contributed by atoms with Crippen LogP contribution in [-0.4, -0.2) is 31.9 Å². The number of hydrogen-bond donors (Lipinski definition) is 3. The molecule has 100 valence electrons. The van der Waals surface area contributed by atoms with Crippen LogP contribution < -0.4 is 5.73 Å². The van der Waals surface area contributed by atoms with Gasteiger partial charge in [0.25, 0.3) is 0 Å². The van der Waals surface area contributed by atoms with E-state index in [4.69, 9.17) is 21.2 Å². The summed E-state index contributed by atoms with van der Waals surface area (Å²) in [5.74, 6) is -2.55. The van der Waals surface area contributed by atoms with Crippen molar-refractivity contribution in [2.24, 2.45) is 0 Å². The molecule has 0 spiro atoms. The number of nitriles is 1. The topological polar surface area (TPSA) is 142 Å². The smallest absolute Gasteiger partial charge is 0.335 e. The molecule has 0 atom stereocenters. The maximum absolute atomic E-state index is 11.0. The monoisotopic (exact) mass is 272 g/mol. The molecule has 1 aromatic carbocycles. The third kappa shape index (κ3) is 2.15. The van der Waals surface area contributed by atoms with Gasteiger partial charge < -0.3 is 15.9 Å². The lowest BCUT2D eigenvalue weighted by Crippen LogP contribution is -2.08. The second-order valence-corrected chi connectivity index (χ2v) is 3.85. The third-order valence-corrected chi connectivity index (χ3v) is 2.58. The highest BCUT2D eigenvalue weighted by Crippen LogP contribution is 2.19. The number of hydrogen-bond acceptors (Lipinski definition) is 5. The van der Waals surface area contributed by atoms with E-state index in [2.05, 4.69) is 5.10 Å². The first-order valence-electron chi connectivity index (χ1n) is 5.29. The summed E-state index contributed by atoms with van der Waals surface area (Å²) >= 11 is 0. The summed E-state index contributed by atoms with van der Waals surface area (Å²) in [6.07, 6.45) is 1.21. The van der Waals surface area contributed by atoms with Crippen LogP contribution in [0.4, 0.5) is 5.82 Å². The minimum atomic E-state index is -1.28. The van der Waals surface area contributed by atoms with Gasteiger partial charge >= 0.3 is 11.9 Å². The third-order valence-electron chi connectivity index (χ3n) is 2.58. The number of anilines is 1. The van der Waals surface area contributed by atoms with Crippen molar-refractivity contribution in [3.05, 3.63) is 41.1 Å². The second kappa shape index (κ2) is 4.74. The van der Waals surface area contributed by atoms with Crippen LogP contribution in [0, 0.1) is 11.3 Å². The molecular weight excluding hydrogens is 264 g/mol. The van der Waals surface area contributed by atoms with Gasteiger partial charge in [0, 0.05) is 0 Å². The normalized spacial score (nSPS) is 9.95. The van der Waals surface area contributed by atoms with Gasteiger partial charge in [-0.25, -0.2) is 14.3 Å². The number of nitrogens with two attached hydrogens (primary N) is 1. The predicted octanol–water partition coefficient (Wildman–Crippen LogP) is 0.723. The molecule has 0 aliphatic rings. The summed E-state index contributed by atoms with van der Waals surface area (Å²) < 4.78 is 1.11. The molecule has 0 amide bonds. The van der Waals surface area contributed by atoms with Crippen molar-refractivity contribution >= 4 is 17.8 Å². The number of aromatic nitrogens is 2. The molecular formula is C12H8N4O4. The first-order valence-corrected chi connectivity index (χ1v) is 5.29. The molecule has 2 rings (SSSR count). The fourth-order valence-electron chi connectivity index (χ4n) is 1.63. The quantitative estimate of drug-likeness (QED) is 0.747. The number of carboxylic acids is 2. The van der Waals surface area contributed by atoms with Crippen molar-refractivity contribution in [2.75, 3.05) is 5.73 Å². The van der Waals surface area contributed by atoms with E-state index >= 15 is 0 Å². The molecule has 1 aromatic heterocycles. The Morgan fingerprint density at radius 3 is 2.15 bits per heavy atom. The van der Waals surface area contributed by atoms with E-state index in [1.807, 2.05) is 6.07 Å². The lowest BCUT2D eigenvalue weighted by atomic mass is 10.1. The highest BCUT2D eigenvalue weighted by molar-refractivity contribution is 5.94. The molecule has 0 fully saturated rings. The first kappa shape index (κ1) is 13.1. The standard InChI is InChI=1S/C12H8N4O4/c13-4-8-5-15-16(10(8)14)9-2-6(11(17)18)1-7(3-9)12(19)20/h1-3,5H,14H2,(H,17,18)(H,19,20). The molecule has 0 aliphatic carbocycles. The lowest BCUT2D eigenvalue weighted by Gasteiger charge is -2.07. The minimum Gasteiger partial charge on any atom is -0.478 e. The van der Waals surface area contributed by atoms with Crippen LogP contribution in [0.1, 0.15) is 26.3 Å². The van der Waals surface area contributed by atoms with Gasteiger partial charge in [0.15, 0.2) is 0 Å². The zero-order valence-corrected chi connectivity index (χ0v) is 9.94. The minimum absolute atomic E-state index is 0.00591. The number of rotatable bonds is 3. The van der Waals surface area contributed by atoms with Gasteiger partial charge in [-0.05, 0) is 18.2 Å². The molecule has 8 nitrogen and oxygen atoms in total. The molecule has 2 aromatic rings. The zero-order chi connectivity index (χ0) is 14.9. The number of benzene rings is 1. The van der Waals surface area contributed by atoms with E-state index in [-0.39, 0.29) is 28.2 Å². The number of nitrogens with zero attached hydrogens (tertiary/aromatic N) is 3. The summed E-state index contributed by atoms with van der Waals surface area (Å²) in [6, 6.07) is 5.29. The van der Waals surface area contributed by atoms with E-state index in [1.54, 1.807) is 0 Å². The molecule has 0 unspecified atom stereocenters. The number of carboxylic acid groups (broad SMARTS) is 2. The van der Waals surface area contributed by atoms with E-state index < -0.39 is 11.9 Å². The summed E-state index contributed by atoms with van der Waals surface area (Å²) in [5, 5.41) is 30.6. The van der Waals surface area contributed by atoms with Gasteiger partial charge in [-0.2, -0.15) is 10.4 Å². The van der Waals surface area contributed by atoms with Gasteiger partial charge in [0.2, 0.25) is 0 Å². The van der Waals surface area contributed by atoms with Crippen LogP contribution in [-0.2, 0) is 0 Å². The zero-order valence-electron chi connectivity index (χ0n) is 9.94. The largest absolute Gasteiger partial charge is 0.478 e. The van der Waals surface area contributed by atoms with Crippen LogP contribution in [0.15, 0.2) is 24.4 Å². The lowest BCUT2D eigenvalue weighted by molar-refractivity contribution is 0.0696. The number of aromatic carboxylic acids is 2. The van der Waals surface area contributed by atoms with Gasteiger partial charge in [0.1, 0.15) is 17.5 Å². The van der Waals surface area contributed by atoms with Crippen molar-refractivity contribution in [1.82, 2.24) is 9.78 Å². The molecule has 4 N–H and O–H groups in total. The van der Waals surface area contributed by atoms with Crippen LogP contribution in [0.2, 0.25) is 0 Å². The fraction of sp³-hybridized carbons (Fsp3) is 0. The summed E-state index contributed by atoms with van der Waals surface area (Å²) in [7, 11) is 0. The second-order valence-electron chi connectivity index (χ2n) is 3.85. The van der Waals surface area contributed by atoms with Crippen molar-refractivity contribution in [2.45, 2.75) is 0 Å². The van der Waals surface area contributed by atoms with Crippen LogP contribution in [0.5, 0.6) is 0 Å². The molecule has 20 heavy (non-hydrogen) atoms. The Hall–Kier alpha value is -3.34. The molecule has 0 radical (unpaired) electrons. The first-order chi connectivity index (χ1) is 9.43. The summed E-state index contributed by atoms with van der Waals surface area (Å²) in [4.78, 5) is 22.0. The Morgan fingerprint density at radius 2 is 1.75 bits per heavy atom. The summed E-state index contributed by atoms with van der Waals surface area (Å²) in [6.45, 7) is 0. The maximum Gasteiger partial charge on any atom is 0.335 e. The Morgan fingerprint density at radius 1 is 1.20 bits per heavy atom. The highest BCUT2D eigenvalue weighted by Gasteiger charge is 2.15. The van der Waals surface area contributed by atoms with Crippen LogP contribution in [0.25, 0.3) is 5.69 Å². The molecule has 0 saturated carbocycles. The van der Waals surface area contributed by atoms with Gasteiger partial charge in [-0.1, -0.05) is 0 Å². The Labute approximate surface area is 112 Å². The SMILES string of the molecule is N#Cc1cnn(-c2cc(C(=O)O)cc(C(=O)O)c2)c1N. The highest BCUT2D eigenvalue weighted by atomic mass is 16.4. The number of carbonyl (C=O) groups is 2. The average molecular weight is 272 g/mol. The molecule has 1 heterocycles. The van der Waals surface area contributed by atoms with Crippen molar-refractivity contribution < 1.29 is 19.8 Å². The Balaban J connectivity index is 2.67. The fourth-order valence-corrected chi connectivity index (χ4v) is 1.63. The predicted molar refractivity (Wildman–Crippen MR) is 66.6 cm³/mol. The van der Waals surface area contributed by atoms with E-state index in [1.165, 1.54) is 18.3 Å². The van der Waals surface area contributed by atoms with Crippen molar-refractivity contribution in [3.8, 4) is 11.8 Å². The average Bonchev–Trinajstić information content (AvgIpc) is 2.79. The van der Waals surface area contributed by atoms with E-state index in [9.17, 15) is 9.59 Å². The van der Waals surface area contributed by atoms with Gasteiger partial charge in [0.05, 0.1) is 23.0 Å². The van der Waals surface area contributed by atoms with Gasteiger partial charge in [-0.15, -0.1) is 0 Å². The van der Waals surface area contributed by atoms with Crippen molar-refractivity contribution in [1.29, 1.82) is 5.26 Å². The van der Waals surface area contributed by atoms with Crippen LogP contribution in [0.3, 0.4) is 0 Å². The van der Waals surface area contributed by atoms with Crippen LogP contribution >= 0.6 is 0 Å².